The minimum atomic E-state index is 0.716. The number of hydrogen-bond acceptors (Lipinski definition) is 4. The number of nitrogens with one attached hydrogen (secondary N) is 3. The second-order valence-electron chi connectivity index (χ2n) is 4.74. The molecule has 6 heteroatoms. The van der Waals surface area contributed by atoms with Gasteiger partial charge in [-0.05, 0) is 23.6 Å². The predicted molar refractivity (Wildman–Crippen MR) is 85.3 cm³/mol. The van der Waals surface area contributed by atoms with Crippen LogP contribution in [0.25, 0.3) is 21.5 Å². The van der Waals surface area contributed by atoms with Gasteiger partial charge in [0.15, 0.2) is 0 Å². The number of hydrogen-bond donors (Lipinski definition) is 3. The zero-order valence-corrected chi connectivity index (χ0v) is 11.9. The summed E-state index contributed by atoms with van der Waals surface area (Å²) in [5.41, 5.74) is 4.33. The number of anilines is 1. The van der Waals surface area contributed by atoms with Crippen LogP contribution in [0.4, 0.5) is 5.69 Å². The molecule has 0 aliphatic carbocycles. The Morgan fingerprint density at radius 3 is 2.90 bits per heavy atom. The van der Waals surface area contributed by atoms with E-state index in [1.165, 1.54) is 4.88 Å². The summed E-state index contributed by atoms with van der Waals surface area (Å²) in [6.07, 6.45) is 3.71. The lowest BCUT2D eigenvalue weighted by molar-refractivity contribution is 1.10. The van der Waals surface area contributed by atoms with Crippen LogP contribution in [0.3, 0.4) is 0 Å². The lowest BCUT2D eigenvalue weighted by atomic mass is 10.2. The summed E-state index contributed by atoms with van der Waals surface area (Å²) in [6.45, 7) is 0.716. The first-order valence-electron chi connectivity index (χ1n) is 6.64. The molecular formula is C15H13N5S. The van der Waals surface area contributed by atoms with Gasteiger partial charge >= 0.3 is 0 Å². The van der Waals surface area contributed by atoms with Crippen molar-refractivity contribution in [1.82, 2.24) is 20.4 Å². The first-order valence-corrected chi connectivity index (χ1v) is 7.52. The van der Waals surface area contributed by atoms with E-state index in [4.69, 9.17) is 0 Å². The third-order valence-corrected chi connectivity index (χ3v) is 4.33. The first kappa shape index (κ1) is 12.2. The molecule has 0 saturated carbocycles. The van der Waals surface area contributed by atoms with Crippen molar-refractivity contribution in [3.63, 3.8) is 0 Å². The molecule has 1 aromatic carbocycles. The highest BCUT2D eigenvalue weighted by Gasteiger charge is 2.09. The molecule has 0 fully saturated rings. The summed E-state index contributed by atoms with van der Waals surface area (Å²) in [5.74, 6) is 0. The average molecular weight is 295 g/mol. The van der Waals surface area contributed by atoms with Crippen LogP contribution >= 0.6 is 11.3 Å². The molecule has 0 spiro atoms. The van der Waals surface area contributed by atoms with Crippen molar-refractivity contribution in [3.05, 3.63) is 53.7 Å². The minimum absolute atomic E-state index is 0.716. The van der Waals surface area contributed by atoms with Gasteiger partial charge in [0.1, 0.15) is 0 Å². The van der Waals surface area contributed by atoms with E-state index in [9.17, 15) is 0 Å². The number of rotatable bonds is 4. The van der Waals surface area contributed by atoms with Gasteiger partial charge in [0, 0.05) is 23.2 Å². The van der Waals surface area contributed by atoms with E-state index in [1.54, 1.807) is 11.3 Å². The lowest BCUT2D eigenvalue weighted by Gasteiger charge is -2.07. The molecule has 0 amide bonds. The molecule has 0 radical (unpaired) electrons. The number of aromatic amines is 2. The molecule has 21 heavy (non-hydrogen) atoms. The van der Waals surface area contributed by atoms with Crippen molar-refractivity contribution in [1.29, 1.82) is 0 Å². The zero-order valence-electron chi connectivity index (χ0n) is 11.1. The fourth-order valence-electron chi connectivity index (χ4n) is 2.39. The smallest absolute Gasteiger partial charge is 0.0799 e. The number of H-pyrrole nitrogens is 2. The zero-order chi connectivity index (χ0) is 14.1. The Morgan fingerprint density at radius 1 is 1.05 bits per heavy atom. The van der Waals surface area contributed by atoms with Crippen LogP contribution in [0.5, 0.6) is 0 Å². The molecule has 0 saturated heterocycles. The Balaban J connectivity index is 1.61. The van der Waals surface area contributed by atoms with E-state index in [2.05, 4.69) is 43.2 Å². The summed E-state index contributed by atoms with van der Waals surface area (Å²) in [4.78, 5) is 1.20. The molecule has 0 aliphatic rings. The summed E-state index contributed by atoms with van der Waals surface area (Å²) in [6, 6.07) is 10.2. The van der Waals surface area contributed by atoms with Crippen molar-refractivity contribution in [2.45, 2.75) is 6.54 Å². The van der Waals surface area contributed by atoms with Crippen LogP contribution in [-0.2, 0) is 6.54 Å². The summed E-state index contributed by atoms with van der Waals surface area (Å²) < 4.78 is 0. The van der Waals surface area contributed by atoms with E-state index in [0.29, 0.717) is 6.54 Å². The fourth-order valence-corrected chi connectivity index (χ4v) is 3.15. The molecular weight excluding hydrogens is 282 g/mol. The summed E-state index contributed by atoms with van der Waals surface area (Å²) >= 11 is 1.71. The molecule has 0 aliphatic heterocycles. The minimum Gasteiger partial charge on any atom is -0.380 e. The first-order chi connectivity index (χ1) is 10.4. The van der Waals surface area contributed by atoms with Gasteiger partial charge < -0.3 is 5.32 Å². The van der Waals surface area contributed by atoms with Crippen molar-refractivity contribution in [2.75, 3.05) is 5.32 Å². The fraction of sp³-hybridized carbons (Fsp3) is 0.0667. The van der Waals surface area contributed by atoms with Gasteiger partial charge in [-0.15, -0.1) is 11.3 Å². The molecule has 104 valence electrons. The van der Waals surface area contributed by atoms with Gasteiger partial charge in [-0.2, -0.15) is 10.2 Å². The Hall–Kier alpha value is -2.60. The maximum atomic E-state index is 4.17. The van der Waals surface area contributed by atoms with Crippen LogP contribution < -0.4 is 5.32 Å². The molecule has 4 rings (SSSR count). The Morgan fingerprint density at radius 2 is 2.00 bits per heavy atom. The Kier molecular flexibility index (Phi) is 2.93. The standard InChI is InChI=1S/C15H13N5S/c1-3-12(11-9-18-19-13(11)4-1)16-7-10-8-17-20-15(10)14-5-2-6-21-14/h1-6,8-9,16H,7H2,(H,17,20)(H,18,19). The summed E-state index contributed by atoms with van der Waals surface area (Å²) in [7, 11) is 0. The number of aromatic nitrogens is 4. The molecule has 3 aromatic heterocycles. The maximum Gasteiger partial charge on any atom is 0.0799 e. The molecule has 3 heterocycles. The number of benzene rings is 1. The summed E-state index contributed by atoms with van der Waals surface area (Å²) in [5, 5.41) is 20.9. The third-order valence-electron chi connectivity index (χ3n) is 3.44. The molecule has 0 bridgehead atoms. The molecule has 4 aromatic rings. The lowest BCUT2D eigenvalue weighted by Crippen LogP contribution is -1.99. The molecule has 0 atom stereocenters. The van der Waals surface area contributed by atoms with Crippen LogP contribution in [0.15, 0.2) is 48.1 Å². The SMILES string of the molecule is c1csc(-c2[nH]ncc2CNc2cccc3[nH]ncc23)c1. The van der Waals surface area contributed by atoms with E-state index in [0.717, 1.165) is 27.8 Å². The van der Waals surface area contributed by atoms with Crippen LogP contribution in [-0.4, -0.2) is 20.4 Å². The van der Waals surface area contributed by atoms with E-state index in [1.807, 2.05) is 30.6 Å². The van der Waals surface area contributed by atoms with Crippen LogP contribution in [0, 0.1) is 0 Å². The van der Waals surface area contributed by atoms with Gasteiger partial charge in [0.25, 0.3) is 0 Å². The quantitative estimate of drug-likeness (QED) is 0.538. The highest BCUT2D eigenvalue weighted by molar-refractivity contribution is 7.13. The van der Waals surface area contributed by atoms with Gasteiger partial charge in [-0.1, -0.05) is 12.1 Å². The predicted octanol–water partition coefficient (Wildman–Crippen LogP) is 3.63. The monoisotopic (exact) mass is 295 g/mol. The average Bonchev–Trinajstić information content (AvgIpc) is 3.23. The number of fused-ring (bicyclic) bond motifs is 1. The second-order valence-corrected chi connectivity index (χ2v) is 5.69. The van der Waals surface area contributed by atoms with Crippen molar-refractivity contribution in [2.24, 2.45) is 0 Å². The molecule has 5 nitrogen and oxygen atoms in total. The van der Waals surface area contributed by atoms with Crippen LogP contribution in [0.2, 0.25) is 0 Å². The van der Waals surface area contributed by atoms with Gasteiger partial charge in [-0.3, -0.25) is 10.2 Å². The normalized spacial score (nSPS) is 11.0. The van der Waals surface area contributed by atoms with E-state index in [-0.39, 0.29) is 0 Å². The number of nitrogens with zero attached hydrogens (tertiary/aromatic N) is 2. The third kappa shape index (κ3) is 2.19. The van der Waals surface area contributed by atoms with E-state index >= 15 is 0 Å². The topological polar surface area (TPSA) is 69.4 Å². The molecule has 0 unspecified atom stereocenters. The van der Waals surface area contributed by atoms with Crippen molar-refractivity contribution >= 4 is 27.9 Å². The maximum absolute atomic E-state index is 4.17. The van der Waals surface area contributed by atoms with Crippen LogP contribution in [0.1, 0.15) is 5.56 Å². The second kappa shape index (κ2) is 5.06. The largest absolute Gasteiger partial charge is 0.380 e. The Labute approximate surface area is 125 Å². The van der Waals surface area contributed by atoms with Crippen molar-refractivity contribution in [3.8, 4) is 10.6 Å². The molecule has 3 N–H and O–H groups in total. The van der Waals surface area contributed by atoms with E-state index < -0.39 is 0 Å². The Bertz CT molecular complexity index is 859. The highest BCUT2D eigenvalue weighted by Crippen LogP contribution is 2.27. The van der Waals surface area contributed by atoms with Gasteiger partial charge in [0.05, 0.1) is 28.5 Å². The van der Waals surface area contributed by atoms with Gasteiger partial charge in [-0.25, -0.2) is 0 Å². The van der Waals surface area contributed by atoms with Crippen molar-refractivity contribution < 1.29 is 0 Å². The highest BCUT2D eigenvalue weighted by atomic mass is 32.1. The number of thiophene rings is 1. The van der Waals surface area contributed by atoms with Gasteiger partial charge in [0.2, 0.25) is 0 Å².